The molecule has 26 heavy (non-hydrogen) atoms. The number of nitrogens with one attached hydrogen (secondary N) is 1. The molecule has 2 amide bonds. The van der Waals surface area contributed by atoms with Gasteiger partial charge in [-0.05, 0) is 57.6 Å². The van der Waals surface area contributed by atoms with E-state index in [2.05, 4.69) is 41.2 Å². The lowest BCUT2D eigenvalue weighted by Crippen LogP contribution is -2.29. The zero-order chi connectivity index (χ0) is 18.7. The van der Waals surface area contributed by atoms with E-state index in [4.69, 9.17) is 0 Å². The normalized spacial score (nSPS) is 13.0. The minimum absolute atomic E-state index is 0.105. The highest BCUT2D eigenvalue weighted by Crippen LogP contribution is 2.30. The second-order valence-electron chi connectivity index (χ2n) is 7.02. The zero-order valence-electron chi connectivity index (χ0n) is 15.1. The molecule has 3 rings (SSSR count). The summed E-state index contributed by atoms with van der Waals surface area (Å²) in [6, 6.07) is 13.5. The lowest BCUT2D eigenvalue weighted by Gasteiger charge is -2.18. The Morgan fingerprint density at radius 2 is 1.96 bits per heavy atom. The van der Waals surface area contributed by atoms with Crippen LogP contribution < -0.4 is 10.2 Å². The molecule has 0 aromatic heterocycles. The first-order valence-corrected chi connectivity index (χ1v) is 9.70. The van der Waals surface area contributed by atoms with Crippen LogP contribution >= 0.6 is 15.9 Å². The third kappa shape index (κ3) is 4.15. The van der Waals surface area contributed by atoms with Gasteiger partial charge in [0.1, 0.15) is 0 Å². The van der Waals surface area contributed by atoms with Crippen molar-refractivity contribution in [3.8, 4) is 0 Å². The average molecular weight is 415 g/mol. The molecular weight excluding hydrogens is 392 g/mol. The van der Waals surface area contributed by atoms with E-state index < -0.39 is 0 Å². The summed E-state index contributed by atoms with van der Waals surface area (Å²) in [6.45, 7) is 5.33. The molecule has 0 unspecified atom stereocenters. The first kappa shape index (κ1) is 18.6. The molecule has 0 atom stereocenters. The van der Waals surface area contributed by atoms with Crippen molar-refractivity contribution in [1.29, 1.82) is 0 Å². The van der Waals surface area contributed by atoms with E-state index in [-0.39, 0.29) is 11.8 Å². The largest absolute Gasteiger partial charge is 0.348 e. The summed E-state index contributed by atoms with van der Waals surface area (Å²) < 4.78 is 0.783. The summed E-state index contributed by atoms with van der Waals surface area (Å²) >= 11 is 3.40. The Bertz CT molecular complexity index is 833. The molecule has 1 aliphatic rings. The van der Waals surface area contributed by atoms with Gasteiger partial charge in [-0.1, -0.05) is 38.1 Å². The molecule has 0 bridgehead atoms. The highest BCUT2D eigenvalue weighted by molar-refractivity contribution is 9.10. The maximum absolute atomic E-state index is 12.4. The van der Waals surface area contributed by atoms with Gasteiger partial charge in [-0.15, -0.1) is 0 Å². The van der Waals surface area contributed by atoms with Crippen LogP contribution in [0, 0.1) is 5.92 Å². The number of carbonyl (C=O) groups is 2. The van der Waals surface area contributed by atoms with Crippen LogP contribution in [0.5, 0.6) is 0 Å². The van der Waals surface area contributed by atoms with Gasteiger partial charge in [-0.3, -0.25) is 9.59 Å². The number of hydrogen-bond acceptors (Lipinski definition) is 2. The van der Waals surface area contributed by atoms with E-state index in [9.17, 15) is 9.59 Å². The van der Waals surface area contributed by atoms with E-state index >= 15 is 0 Å². The van der Waals surface area contributed by atoms with Gasteiger partial charge < -0.3 is 10.2 Å². The van der Waals surface area contributed by atoms with Crippen LogP contribution in [0.4, 0.5) is 5.69 Å². The Labute approximate surface area is 162 Å². The Kier molecular flexibility index (Phi) is 5.77. The summed E-state index contributed by atoms with van der Waals surface area (Å²) in [7, 11) is 0. The van der Waals surface area contributed by atoms with Crippen LogP contribution in [0.3, 0.4) is 0 Å². The topological polar surface area (TPSA) is 49.4 Å². The summed E-state index contributed by atoms with van der Waals surface area (Å²) in [5, 5.41) is 2.96. The fourth-order valence-electron chi connectivity index (χ4n) is 3.21. The molecule has 0 saturated heterocycles. The van der Waals surface area contributed by atoms with Gasteiger partial charge >= 0.3 is 0 Å². The summed E-state index contributed by atoms with van der Waals surface area (Å²) in [4.78, 5) is 26.6. The van der Waals surface area contributed by atoms with E-state index in [0.717, 1.165) is 28.7 Å². The first-order valence-electron chi connectivity index (χ1n) is 8.90. The third-order valence-corrected chi connectivity index (χ3v) is 5.19. The molecule has 136 valence electrons. The van der Waals surface area contributed by atoms with Crippen LogP contribution in [-0.4, -0.2) is 18.4 Å². The second-order valence-corrected chi connectivity index (χ2v) is 7.87. The van der Waals surface area contributed by atoms with Crippen LogP contribution in [0.2, 0.25) is 0 Å². The van der Waals surface area contributed by atoms with Crippen LogP contribution in [0.1, 0.15) is 41.8 Å². The van der Waals surface area contributed by atoms with Crippen molar-refractivity contribution >= 4 is 33.4 Å². The lowest BCUT2D eigenvalue weighted by atomic mass is 10.1. The van der Waals surface area contributed by atoms with E-state index in [1.165, 1.54) is 5.56 Å². The summed E-state index contributed by atoms with van der Waals surface area (Å²) in [5.41, 5.74) is 3.85. The molecule has 1 N–H and O–H groups in total. The molecule has 0 fully saturated rings. The predicted octanol–water partition coefficient (Wildman–Crippen LogP) is 4.31. The van der Waals surface area contributed by atoms with Crippen molar-refractivity contribution < 1.29 is 9.59 Å². The predicted molar refractivity (Wildman–Crippen MR) is 107 cm³/mol. The van der Waals surface area contributed by atoms with Crippen molar-refractivity contribution in [2.24, 2.45) is 5.92 Å². The van der Waals surface area contributed by atoms with Gasteiger partial charge in [-0.25, -0.2) is 0 Å². The van der Waals surface area contributed by atoms with Gasteiger partial charge in [0, 0.05) is 29.7 Å². The van der Waals surface area contributed by atoms with Gasteiger partial charge in [0.15, 0.2) is 0 Å². The molecule has 1 aliphatic heterocycles. The van der Waals surface area contributed by atoms with Gasteiger partial charge in [0.05, 0.1) is 5.56 Å². The molecular formula is C21H23BrN2O2. The molecule has 0 radical (unpaired) electrons. The Balaban J connectivity index is 1.66. The van der Waals surface area contributed by atoms with E-state index in [0.29, 0.717) is 24.4 Å². The molecule has 5 heteroatoms. The van der Waals surface area contributed by atoms with E-state index in [1.807, 2.05) is 35.2 Å². The standard InChI is InChI=1S/C21H23BrN2O2/c1-14(2)11-20(25)24-10-9-16-12-15(7-8-19(16)24)13-23-21(26)17-5-3-4-6-18(17)22/h3-8,12,14H,9-11,13H2,1-2H3,(H,23,26). The minimum atomic E-state index is -0.105. The molecule has 2 aromatic carbocycles. The Hall–Kier alpha value is -2.14. The Morgan fingerprint density at radius 3 is 2.69 bits per heavy atom. The van der Waals surface area contributed by atoms with Gasteiger partial charge in [0.25, 0.3) is 5.91 Å². The lowest BCUT2D eigenvalue weighted by molar-refractivity contribution is -0.119. The molecule has 0 aliphatic carbocycles. The summed E-state index contributed by atoms with van der Waals surface area (Å²) in [5.74, 6) is 0.443. The molecule has 4 nitrogen and oxygen atoms in total. The first-order chi connectivity index (χ1) is 12.5. The number of anilines is 1. The number of carbonyl (C=O) groups excluding carboxylic acids is 2. The fraction of sp³-hybridized carbons (Fsp3) is 0.333. The number of hydrogen-bond donors (Lipinski definition) is 1. The highest BCUT2D eigenvalue weighted by atomic mass is 79.9. The number of fused-ring (bicyclic) bond motifs is 1. The third-order valence-electron chi connectivity index (χ3n) is 4.49. The number of benzene rings is 2. The highest BCUT2D eigenvalue weighted by Gasteiger charge is 2.25. The number of amides is 2. The van der Waals surface area contributed by atoms with Crippen molar-refractivity contribution in [1.82, 2.24) is 5.32 Å². The maximum atomic E-state index is 12.4. The average Bonchev–Trinajstić information content (AvgIpc) is 3.03. The monoisotopic (exact) mass is 414 g/mol. The van der Waals surface area contributed by atoms with Crippen molar-refractivity contribution in [3.05, 3.63) is 63.6 Å². The minimum Gasteiger partial charge on any atom is -0.348 e. The Morgan fingerprint density at radius 1 is 1.19 bits per heavy atom. The second kappa shape index (κ2) is 8.04. The zero-order valence-corrected chi connectivity index (χ0v) is 16.7. The molecule has 0 spiro atoms. The summed E-state index contributed by atoms with van der Waals surface area (Å²) in [6.07, 6.45) is 1.44. The van der Waals surface area contributed by atoms with Crippen LogP contribution in [0.15, 0.2) is 46.9 Å². The SMILES string of the molecule is CC(C)CC(=O)N1CCc2cc(CNC(=O)c3ccccc3Br)ccc21. The smallest absolute Gasteiger partial charge is 0.252 e. The molecule has 1 heterocycles. The number of rotatable bonds is 5. The van der Waals surface area contributed by atoms with Crippen LogP contribution in [-0.2, 0) is 17.8 Å². The van der Waals surface area contributed by atoms with Crippen LogP contribution in [0.25, 0.3) is 0 Å². The molecule has 2 aromatic rings. The fourth-order valence-corrected chi connectivity index (χ4v) is 3.67. The maximum Gasteiger partial charge on any atom is 0.252 e. The van der Waals surface area contributed by atoms with Gasteiger partial charge in [-0.2, -0.15) is 0 Å². The van der Waals surface area contributed by atoms with Crippen molar-refractivity contribution in [3.63, 3.8) is 0 Å². The number of halogens is 1. The van der Waals surface area contributed by atoms with Gasteiger partial charge in [0.2, 0.25) is 5.91 Å². The van der Waals surface area contributed by atoms with Crippen molar-refractivity contribution in [2.45, 2.75) is 33.2 Å². The van der Waals surface area contributed by atoms with Crippen molar-refractivity contribution in [2.75, 3.05) is 11.4 Å². The number of nitrogens with zero attached hydrogens (tertiary/aromatic N) is 1. The van der Waals surface area contributed by atoms with E-state index in [1.54, 1.807) is 6.07 Å². The quantitative estimate of drug-likeness (QED) is 0.791. The molecule has 0 saturated carbocycles.